The minimum atomic E-state index is -0.171. The summed E-state index contributed by atoms with van der Waals surface area (Å²) in [5.74, 6) is 2.78. The summed E-state index contributed by atoms with van der Waals surface area (Å²) in [5, 5.41) is 4.70. The topological polar surface area (TPSA) is 94.5 Å². The van der Waals surface area contributed by atoms with Crippen molar-refractivity contribution in [2.24, 2.45) is 10.7 Å². The molecule has 150 valence electrons. The van der Waals surface area contributed by atoms with Crippen molar-refractivity contribution in [3.63, 3.8) is 0 Å². The zero-order chi connectivity index (χ0) is 20.0. The molecule has 3 aliphatic rings. The number of fused-ring (bicyclic) bond motifs is 4. The largest absolute Gasteiger partial charge is 0.499 e. The Morgan fingerprint density at radius 3 is 3.03 bits per heavy atom. The minimum Gasteiger partial charge on any atom is -0.499 e. The molecule has 5 rings (SSSR count). The maximum absolute atomic E-state index is 6.21. The molecule has 8 nitrogen and oxygen atoms in total. The van der Waals surface area contributed by atoms with E-state index in [-0.39, 0.29) is 12.0 Å². The Balaban J connectivity index is 1.38. The predicted octanol–water partition coefficient (Wildman–Crippen LogP) is 1.74. The van der Waals surface area contributed by atoms with E-state index in [9.17, 15) is 0 Å². The van der Waals surface area contributed by atoms with E-state index in [0.29, 0.717) is 12.0 Å². The van der Waals surface area contributed by atoms with E-state index >= 15 is 0 Å². The quantitative estimate of drug-likeness (QED) is 0.834. The van der Waals surface area contributed by atoms with E-state index in [4.69, 9.17) is 20.6 Å². The fourth-order valence-corrected chi connectivity index (χ4v) is 4.47. The molecule has 0 aromatic carbocycles. The first kappa shape index (κ1) is 18.1. The molecule has 2 unspecified atom stereocenters. The van der Waals surface area contributed by atoms with Crippen molar-refractivity contribution in [1.29, 1.82) is 0 Å². The highest BCUT2D eigenvalue weighted by atomic mass is 16.5. The number of aliphatic imine (C=N–C) groups is 1. The minimum absolute atomic E-state index is 0.0104. The monoisotopic (exact) mass is 391 g/mol. The van der Waals surface area contributed by atoms with Gasteiger partial charge in [0.2, 0.25) is 5.96 Å². The number of pyridine rings is 1. The number of allylic oxidation sites excluding steroid dienone is 2. The first-order valence-electron chi connectivity index (χ1n) is 10.1. The van der Waals surface area contributed by atoms with Gasteiger partial charge in [0.05, 0.1) is 18.7 Å². The van der Waals surface area contributed by atoms with Crippen LogP contribution in [-0.2, 0) is 24.2 Å². The zero-order valence-electron chi connectivity index (χ0n) is 16.7. The van der Waals surface area contributed by atoms with Crippen LogP contribution in [0.25, 0.3) is 0 Å². The van der Waals surface area contributed by atoms with Crippen molar-refractivity contribution < 1.29 is 4.74 Å². The van der Waals surface area contributed by atoms with Gasteiger partial charge in [-0.25, -0.2) is 9.98 Å². The third-order valence-corrected chi connectivity index (χ3v) is 6.03. The molecule has 1 aliphatic carbocycles. The smallest absolute Gasteiger partial charge is 0.219 e. The number of nitrogens with two attached hydrogens (primary N) is 1. The summed E-state index contributed by atoms with van der Waals surface area (Å²) in [6.45, 7) is 4.01. The molecular formula is C21H25N7O. The number of hydrogen-bond donors (Lipinski definition) is 1. The van der Waals surface area contributed by atoms with Crippen molar-refractivity contribution in [3.8, 4) is 0 Å². The molecule has 0 amide bonds. The Morgan fingerprint density at radius 1 is 1.34 bits per heavy atom. The van der Waals surface area contributed by atoms with E-state index in [1.165, 1.54) is 11.3 Å². The van der Waals surface area contributed by atoms with E-state index in [2.05, 4.69) is 33.9 Å². The van der Waals surface area contributed by atoms with Gasteiger partial charge in [0, 0.05) is 31.7 Å². The molecule has 2 aromatic rings. The lowest BCUT2D eigenvalue weighted by molar-refractivity contribution is 0.189. The molecule has 0 fully saturated rings. The number of aromatic nitrogens is 4. The van der Waals surface area contributed by atoms with Gasteiger partial charge in [0.15, 0.2) is 5.82 Å². The average Bonchev–Trinajstić information content (AvgIpc) is 3.36. The SMILES string of the molecule is CC[C@@H](Cc1nc2n(n1)C(N)=NC1C(OC)=CC=CC21)N1Cc2cccnc2C1. The van der Waals surface area contributed by atoms with Crippen LogP contribution in [0.4, 0.5) is 0 Å². The van der Waals surface area contributed by atoms with Crippen LogP contribution in [0.2, 0.25) is 0 Å². The summed E-state index contributed by atoms with van der Waals surface area (Å²) in [4.78, 5) is 16.5. The maximum atomic E-state index is 6.21. The van der Waals surface area contributed by atoms with Crippen LogP contribution < -0.4 is 5.73 Å². The molecule has 0 saturated heterocycles. The number of rotatable bonds is 5. The molecule has 0 saturated carbocycles. The van der Waals surface area contributed by atoms with Gasteiger partial charge in [-0.1, -0.05) is 25.1 Å². The maximum Gasteiger partial charge on any atom is 0.219 e. The molecule has 4 heterocycles. The fraction of sp³-hybridized carbons (Fsp3) is 0.429. The van der Waals surface area contributed by atoms with Gasteiger partial charge in [-0.2, -0.15) is 4.68 Å². The second-order valence-electron chi connectivity index (χ2n) is 7.69. The second kappa shape index (κ2) is 7.11. The van der Waals surface area contributed by atoms with Crippen molar-refractivity contribution in [3.05, 3.63) is 65.2 Å². The lowest BCUT2D eigenvalue weighted by Gasteiger charge is -2.28. The summed E-state index contributed by atoms with van der Waals surface area (Å²) in [6, 6.07) is 4.35. The van der Waals surface area contributed by atoms with Gasteiger partial charge in [-0.05, 0) is 24.1 Å². The first-order valence-corrected chi connectivity index (χ1v) is 10.1. The highest BCUT2D eigenvalue weighted by Gasteiger charge is 2.36. The summed E-state index contributed by atoms with van der Waals surface area (Å²) in [5.41, 5.74) is 8.70. The van der Waals surface area contributed by atoms with Gasteiger partial charge in [0.25, 0.3) is 0 Å². The summed E-state index contributed by atoms with van der Waals surface area (Å²) in [7, 11) is 1.66. The molecule has 3 atom stereocenters. The van der Waals surface area contributed by atoms with Crippen LogP contribution in [0.1, 0.15) is 42.2 Å². The zero-order valence-corrected chi connectivity index (χ0v) is 16.7. The standard InChI is InChI=1S/C21H25N7O/c1-3-14(27-11-13-6-5-9-23-16(13)12-27)10-18-24-20-15-7-4-8-17(29-2)19(15)25-21(22)28(20)26-18/h4-9,14-15,19H,3,10-12H2,1-2H3,(H2,22,25)/t14-,15?,19?/m0/s1. The van der Waals surface area contributed by atoms with Crippen LogP contribution in [0.5, 0.6) is 0 Å². The summed E-state index contributed by atoms with van der Waals surface area (Å²) < 4.78 is 7.18. The molecular weight excluding hydrogens is 366 g/mol. The number of ether oxygens (including phenoxy) is 1. The molecule has 0 radical (unpaired) electrons. The highest BCUT2D eigenvalue weighted by Crippen LogP contribution is 2.34. The summed E-state index contributed by atoms with van der Waals surface area (Å²) in [6.07, 6.45) is 9.66. The van der Waals surface area contributed by atoms with Gasteiger partial charge < -0.3 is 10.5 Å². The van der Waals surface area contributed by atoms with Crippen LogP contribution in [0.3, 0.4) is 0 Å². The van der Waals surface area contributed by atoms with Crippen molar-refractivity contribution in [2.75, 3.05) is 7.11 Å². The highest BCUT2D eigenvalue weighted by molar-refractivity contribution is 5.82. The number of hydrogen-bond acceptors (Lipinski definition) is 7. The van der Waals surface area contributed by atoms with E-state index in [0.717, 1.165) is 43.3 Å². The van der Waals surface area contributed by atoms with Gasteiger partial charge in [-0.15, -0.1) is 5.10 Å². The number of nitrogens with zero attached hydrogens (tertiary/aromatic N) is 6. The van der Waals surface area contributed by atoms with E-state index < -0.39 is 0 Å². The number of methoxy groups -OCH3 is 1. The first-order chi connectivity index (χ1) is 14.2. The summed E-state index contributed by atoms with van der Waals surface area (Å²) >= 11 is 0. The Hall–Kier alpha value is -3.00. The second-order valence-corrected chi connectivity index (χ2v) is 7.69. The molecule has 2 N–H and O–H groups in total. The van der Waals surface area contributed by atoms with Crippen molar-refractivity contribution in [1.82, 2.24) is 24.6 Å². The molecule has 0 spiro atoms. The molecule has 2 aromatic heterocycles. The normalized spacial score (nSPS) is 23.7. The molecule has 29 heavy (non-hydrogen) atoms. The lowest BCUT2D eigenvalue weighted by Crippen LogP contribution is -2.37. The lowest BCUT2D eigenvalue weighted by atomic mass is 9.92. The van der Waals surface area contributed by atoms with Crippen LogP contribution in [0, 0.1) is 0 Å². The molecule has 8 heteroatoms. The third-order valence-electron chi connectivity index (χ3n) is 6.03. The van der Waals surface area contributed by atoms with Gasteiger partial charge >= 0.3 is 0 Å². The molecule has 2 aliphatic heterocycles. The third kappa shape index (κ3) is 3.04. The van der Waals surface area contributed by atoms with Crippen LogP contribution in [-0.4, -0.2) is 49.8 Å². The Morgan fingerprint density at radius 2 is 2.24 bits per heavy atom. The van der Waals surface area contributed by atoms with E-state index in [1.807, 2.05) is 24.4 Å². The van der Waals surface area contributed by atoms with Crippen LogP contribution >= 0.6 is 0 Å². The van der Waals surface area contributed by atoms with E-state index in [1.54, 1.807) is 11.8 Å². The Kier molecular flexibility index (Phi) is 4.43. The Bertz CT molecular complexity index is 997. The fourth-order valence-electron chi connectivity index (χ4n) is 4.47. The van der Waals surface area contributed by atoms with Gasteiger partial charge in [-0.3, -0.25) is 9.88 Å². The van der Waals surface area contributed by atoms with Crippen LogP contribution in [0.15, 0.2) is 47.3 Å². The Labute approximate surface area is 169 Å². The predicted molar refractivity (Wildman–Crippen MR) is 109 cm³/mol. The molecule has 0 bridgehead atoms. The van der Waals surface area contributed by atoms with Gasteiger partial charge in [0.1, 0.15) is 17.6 Å². The van der Waals surface area contributed by atoms with Crippen molar-refractivity contribution in [2.45, 2.75) is 50.9 Å². The van der Waals surface area contributed by atoms with Crippen molar-refractivity contribution >= 4 is 5.96 Å². The average molecular weight is 391 g/mol.